The maximum atomic E-state index is 14.7. The number of para-hydroxylation sites is 1. The monoisotopic (exact) mass is 584 g/mol. The minimum absolute atomic E-state index is 0.0156. The number of benzene rings is 3. The number of anilines is 1. The number of halogens is 2. The van der Waals surface area contributed by atoms with Gasteiger partial charge >= 0.3 is 0 Å². The van der Waals surface area contributed by atoms with E-state index in [0.717, 1.165) is 53.3 Å². The quantitative estimate of drug-likeness (QED) is 0.246. The van der Waals surface area contributed by atoms with E-state index in [9.17, 15) is 26.8 Å². The number of nitrogens with one attached hydrogen (secondary N) is 1. The average molecular weight is 585 g/mol. The van der Waals surface area contributed by atoms with Crippen LogP contribution in [0.25, 0.3) is 16.6 Å². The zero-order valence-electron chi connectivity index (χ0n) is 21.6. The fourth-order valence-electron chi connectivity index (χ4n) is 4.59. The molecule has 1 N–H and O–H groups in total. The van der Waals surface area contributed by atoms with Crippen molar-refractivity contribution in [3.63, 3.8) is 0 Å². The number of carbonyl (C=O) groups is 1. The summed E-state index contributed by atoms with van der Waals surface area (Å²) in [5.41, 5.74) is 0.444. The number of carbonyl (C=O) groups excluding carboxylic acids is 1. The first-order valence-electron chi connectivity index (χ1n) is 12.7. The molecule has 8 nitrogen and oxygen atoms in total. The molecule has 40 heavy (non-hydrogen) atoms. The Morgan fingerprint density at radius 3 is 2.52 bits per heavy atom. The van der Waals surface area contributed by atoms with Crippen LogP contribution in [0.1, 0.15) is 24.8 Å². The van der Waals surface area contributed by atoms with Crippen LogP contribution in [0.5, 0.6) is 0 Å². The van der Waals surface area contributed by atoms with Crippen LogP contribution in [-0.2, 0) is 14.8 Å². The number of aryl methyl sites for hydroxylation is 1. The number of amides is 1. The molecular weight excluding hydrogens is 558 g/mol. The predicted molar refractivity (Wildman–Crippen MR) is 150 cm³/mol. The van der Waals surface area contributed by atoms with Crippen LogP contribution in [0.2, 0.25) is 0 Å². The van der Waals surface area contributed by atoms with Crippen LogP contribution in [0.4, 0.5) is 14.5 Å². The van der Waals surface area contributed by atoms with E-state index in [2.05, 4.69) is 10.3 Å². The molecule has 0 bridgehead atoms. The largest absolute Gasteiger partial charge is 0.324 e. The number of aromatic nitrogens is 2. The molecule has 1 saturated heterocycles. The third kappa shape index (κ3) is 5.65. The molecule has 0 radical (unpaired) electrons. The molecule has 5 rings (SSSR count). The minimum Gasteiger partial charge on any atom is -0.324 e. The van der Waals surface area contributed by atoms with E-state index in [1.54, 1.807) is 43.3 Å². The highest BCUT2D eigenvalue weighted by molar-refractivity contribution is 7.99. The number of thioether (sulfide) groups is 1. The van der Waals surface area contributed by atoms with Crippen LogP contribution in [-0.4, -0.2) is 47.0 Å². The van der Waals surface area contributed by atoms with Gasteiger partial charge < -0.3 is 5.32 Å². The highest BCUT2D eigenvalue weighted by Gasteiger charge is 2.29. The van der Waals surface area contributed by atoms with Gasteiger partial charge in [-0.2, -0.15) is 4.31 Å². The molecule has 0 spiro atoms. The Morgan fingerprint density at radius 1 is 1.02 bits per heavy atom. The number of nitrogens with zero attached hydrogens (tertiary/aromatic N) is 3. The van der Waals surface area contributed by atoms with Crippen molar-refractivity contribution < 1.29 is 22.0 Å². The molecule has 1 amide bonds. The van der Waals surface area contributed by atoms with Crippen LogP contribution in [0.3, 0.4) is 0 Å². The van der Waals surface area contributed by atoms with E-state index in [1.807, 2.05) is 0 Å². The number of hydrogen-bond acceptors (Lipinski definition) is 6. The smallest absolute Gasteiger partial charge is 0.266 e. The van der Waals surface area contributed by atoms with Gasteiger partial charge in [0.15, 0.2) is 5.16 Å². The summed E-state index contributed by atoms with van der Waals surface area (Å²) < 4.78 is 57.6. The first-order valence-corrected chi connectivity index (χ1v) is 15.1. The van der Waals surface area contributed by atoms with Crippen LogP contribution in [0.15, 0.2) is 75.5 Å². The Labute approximate surface area is 234 Å². The van der Waals surface area contributed by atoms with Crippen molar-refractivity contribution in [3.8, 4) is 5.69 Å². The number of piperidine rings is 1. The van der Waals surface area contributed by atoms with Gasteiger partial charge in [0.05, 0.1) is 28.0 Å². The van der Waals surface area contributed by atoms with Gasteiger partial charge in [-0.25, -0.2) is 22.2 Å². The Kier molecular flexibility index (Phi) is 8.02. The molecule has 0 atom stereocenters. The van der Waals surface area contributed by atoms with Gasteiger partial charge in [-0.05, 0) is 61.7 Å². The van der Waals surface area contributed by atoms with Crippen molar-refractivity contribution in [1.82, 2.24) is 13.9 Å². The maximum Gasteiger partial charge on any atom is 0.266 e. The lowest BCUT2D eigenvalue weighted by Crippen LogP contribution is -2.36. The van der Waals surface area contributed by atoms with E-state index < -0.39 is 33.1 Å². The SMILES string of the molecule is Cc1ccc(NC(=O)CSc2nc3ccccc3c(=O)n2-c2ccc(F)cc2F)c(S(=O)(=O)N2CCCCC2)c1. The number of rotatable bonds is 7. The minimum atomic E-state index is -3.83. The second kappa shape index (κ2) is 11.5. The first-order chi connectivity index (χ1) is 19.1. The second-order valence-corrected chi connectivity index (χ2v) is 12.3. The van der Waals surface area contributed by atoms with Gasteiger partial charge in [-0.15, -0.1) is 0 Å². The van der Waals surface area contributed by atoms with Crippen LogP contribution < -0.4 is 10.9 Å². The van der Waals surface area contributed by atoms with Gasteiger partial charge in [0.2, 0.25) is 15.9 Å². The molecule has 12 heteroatoms. The molecule has 2 heterocycles. The van der Waals surface area contributed by atoms with Crippen LogP contribution >= 0.6 is 11.8 Å². The van der Waals surface area contributed by atoms with Gasteiger partial charge in [0, 0.05) is 19.2 Å². The lowest BCUT2D eigenvalue weighted by molar-refractivity contribution is -0.113. The fraction of sp³-hybridized carbons (Fsp3) is 0.250. The topological polar surface area (TPSA) is 101 Å². The summed E-state index contributed by atoms with van der Waals surface area (Å²) in [5.74, 6) is -2.56. The Hall–Kier alpha value is -3.61. The fourth-order valence-corrected chi connectivity index (χ4v) is 7.15. The molecule has 3 aromatic carbocycles. The van der Waals surface area contributed by atoms with Crippen molar-refractivity contribution in [1.29, 1.82) is 0 Å². The lowest BCUT2D eigenvalue weighted by Gasteiger charge is -2.27. The molecular formula is C28H26F2N4O4S2. The molecule has 0 aliphatic carbocycles. The van der Waals surface area contributed by atoms with Crippen molar-refractivity contribution in [2.45, 2.75) is 36.2 Å². The van der Waals surface area contributed by atoms with Gasteiger partial charge in [0.25, 0.3) is 5.56 Å². The van der Waals surface area contributed by atoms with Gasteiger partial charge in [-0.1, -0.05) is 36.4 Å². The maximum absolute atomic E-state index is 14.7. The molecule has 1 fully saturated rings. The highest BCUT2D eigenvalue weighted by Crippen LogP contribution is 2.29. The summed E-state index contributed by atoms with van der Waals surface area (Å²) in [4.78, 5) is 30.9. The Balaban J connectivity index is 1.45. The number of fused-ring (bicyclic) bond motifs is 1. The summed E-state index contributed by atoms with van der Waals surface area (Å²) in [6, 6.07) is 14.1. The van der Waals surface area contributed by atoms with Gasteiger partial charge in [0.1, 0.15) is 16.5 Å². The van der Waals surface area contributed by atoms with E-state index in [-0.39, 0.29) is 32.6 Å². The standard InChI is InChI=1S/C28H26F2N4O4S2/c1-18-9-11-23(25(15-18)40(37,38)33-13-5-2-6-14-33)31-26(35)17-39-28-32-22-8-4-3-7-20(22)27(36)34(28)24-12-10-19(29)16-21(24)30/h3-4,7-12,15-16H,2,5-6,13-14,17H2,1H3,(H,31,35). The second-order valence-electron chi connectivity index (χ2n) is 9.45. The number of hydrogen-bond donors (Lipinski definition) is 1. The highest BCUT2D eigenvalue weighted by atomic mass is 32.2. The average Bonchev–Trinajstić information content (AvgIpc) is 2.94. The van der Waals surface area contributed by atoms with Crippen molar-refractivity contribution in [2.75, 3.05) is 24.2 Å². The van der Waals surface area contributed by atoms with Crippen molar-refractivity contribution >= 4 is 44.3 Å². The zero-order chi connectivity index (χ0) is 28.4. The van der Waals surface area contributed by atoms with E-state index in [4.69, 9.17) is 0 Å². The normalized spacial score (nSPS) is 14.4. The summed E-state index contributed by atoms with van der Waals surface area (Å²) in [6.45, 7) is 2.62. The van der Waals surface area contributed by atoms with E-state index in [0.29, 0.717) is 24.7 Å². The molecule has 1 aromatic heterocycles. The lowest BCUT2D eigenvalue weighted by atomic mass is 10.2. The Bertz CT molecular complexity index is 1770. The summed E-state index contributed by atoms with van der Waals surface area (Å²) in [5, 5.41) is 2.93. The van der Waals surface area contributed by atoms with Crippen molar-refractivity contribution in [3.05, 3.63) is 88.2 Å². The van der Waals surface area contributed by atoms with E-state index >= 15 is 0 Å². The molecule has 0 unspecified atom stereocenters. The summed E-state index contributed by atoms with van der Waals surface area (Å²) in [7, 11) is -3.83. The van der Waals surface area contributed by atoms with Crippen LogP contribution in [0, 0.1) is 18.6 Å². The van der Waals surface area contributed by atoms with Crippen molar-refractivity contribution in [2.24, 2.45) is 0 Å². The number of sulfonamides is 1. The molecule has 0 saturated carbocycles. The summed E-state index contributed by atoms with van der Waals surface area (Å²) in [6.07, 6.45) is 2.52. The third-order valence-electron chi connectivity index (χ3n) is 6.57. The Morgan fingerprint density at radius 2 is 1.77 bits per heavy atom. The molecule has 208 valence electrons. The predicted octanol–water partition coefficient (Wildman–Crippen LogP) is 4.88. The first kappa shape index (κ1) is 27.9. The molecule has 1 aliphatic rings. The van der Waals surface area contributed by atoms with Gasteiger partial charge in [-0.3, -0.25) is 14.2 Å². The third-order valence-corrected chi connectivity index (χ3v) is 9.45. The zero-order valence-corrected chi connectivity index (χ0v) is 23.2. The summed E-state index contributed by atoms with van der Waals surface area (Å²) >= 11 is 0.875. The van der Waals surface area contributed by atoms with E-state index in [1.165, 1.54) is 10.4 Å². The molecule has 4 aromatic rings. The molecule has 1 aliphatic heterocycles.